The molecule has 1 aromatic heterocycles. The van der Waals surface area contributed by atoms with Gasteiger partial charge in [-0.05, 0) is 55.7 Å². The summed E-state index contributed by atoms with van der Waals surface area (Å²) in [7, 11) is 0. The van der Waals surface area contributed by atoms with E-state index >= 15 is 0 Å². The fourth-order valence-corrected chi connectivity index (χ4v) is 3.71. The highest BCUT2D eigenvalue weighted by atomic mass is 16.3. The van der Waals surface area contributed by atoms with Crippen LogP contribution in [-0.4, -0.2) is 46.6 Å². The molecule has 0 spiro atoms. The summed E-state index contributed by atoms with van der Waals surface area (Å²) in [5.41, 5.74) is 2.03. The number of piperidine rings is 1. The van der Waals surface area contributed by atoms with Gasteiger partial charge < -0.3 is 15.3 Å². The van der Waals surface area contributed by atoms with Crippen LogP contribution in [0.5, 0.6) is 0 Å². The van der Waals surface area contributed by atoms with Gasteiger partial charge in [-0.1, -0.05) is 37.3 Å². The molecule has 1 saturated heterocycles. The topological polar surface area (TPSA) is 65.5 Å². The maximum atomic E-state index is 12.8. The number of carbonyl (C=O) groups is 1. The number of hydrogen-bond acceptors (Lipinski definition) is 4. The van der Waals surface area contributed by atoms with Gasteiger partial charge in [0.25, 0.3) is 5.91 Å². The first-order valence-electron chi connectivity index (χ1n) is 10.4. The Hall–Kier alpha value is -2.40. The van der Waals surface area contributed by atoms with Crippen molar-refractivity contribution in [1.29, 1.82) is 0 Å². The summed E-state index contributed by atoms with van der Waals surface area (Å²) in [5.74, 6) is 1.45. The Morgan fingerprint density at radius 2 is 1.96 bits per heavy atom. The average Bonchev–Trinajstić information content (AvgIpc) is 2.77. The molecule has 0 saturated carbocycles. The third kappa shape index (κ3) is 5.55. The third-order valence-electron chi connectivity index (χ3n) is 5.66. The Morgan fingerprint density at radius 1 is 1.21 bits per heavy atom. The summed E-state index contributed by atoms with van der Waals surface area (Å²) >= 11 is 0. The molecule has 1 atom stereocenters. The van der Waals surface area contributed by atoms with E-state index in [1.165, 1.54) is 12.0 Å². The number of carbonyl (C=O) groups excluding carboxylic acids is 1. The molecule has 0 aliphatic carbocycles. The van der Waals surface area contributed by atoms with Crippen LogP contribution in [-0.2, 0) is 6.42 Å². The van der Waals surface area contributed by atoms with Crippen LogP contribution in [0.1, 0.15) is 48.5 Å². The fourth-order valence-electron chi connectivity index (χ4n) is 3.71. The Labute approximate surface area is 167 Å². The summed E-state index contributed by atoms with van der Waals surface area (Å²) < 4.78 is 0. The van der Waals surface area contributed by atoms with Gasteiger partial charge in [0.2, 0.25) is 0 Å². The molecule has 0 bridgehead atoms. The van der Waals surface area contributed by atoms with Crippen molar-refractivity contribution in [3.8, 4) is 0 Å². The third-order valence-corrected chi connectivity index (χ3v) is 5.66. The number of likely N-dealkylation sites (tertiary alicyclic amines) is 1. The number of anilines is 1. The molecule has 150 valence electrons. The summed E-state index contributed by atoms with van der Waals surface area (Å²) in [6, 6.07) is 14.3. The molecular weight excluding hydrogens is 350 g/mol. The number of amides is 1. The van der Waals surface area contributed by atoms with Crippen LogP contribution < -0.4 is 5.32 Å². The predicted octanol–water partition coefficient (Wildman–Crippen LogP) is 3.75. The van der Waals surface area contributed by atoms with E-state index in [2.05, 4.69) is 40.6 Å². The maximum Gasteiger partial charge on any atom is 0.255 e. The molecule has 3 rings (SSSR count). The van der Waals surface area contributed by atoms with Crippen molar-refractivity contribution in [2.45, 2.75) is 45.1 Å². The number of aliphatic hydroxyl groups is 1. The number of nitrogens with one attached hydrogen (secondary N) is 1. The van der Waals surface area contributed by atoms with Crippen molar-refractivity contribution in [1.82, 2.24) is 9.88 Å². The first-order chi connectivity index (χ1) is 13.7. The molecule has 0 radical (unpaired) electrons. The van der Waals surface area contributed by atoms with Crippen LogP contribution in [0.3, 0.4) is 0 Å². The fraction of sp³-hybridized carbons (Fsp3) is 0.478. The predicted molar refractivity (Wildman–Crippen MR) is 112 cm³/mol. The summed E-state index contributed by atoms with van der Waals surface area (Å²) in [6.07, 6.45) is 6.90. The number of pyridine rings is 1. The second-order valence-electron chi connectivity index (χ2n) is 7.62. The molecule has 2 heterocycles. The first-order valence-corrected chi connectivity index (χ1v) is 10.4. The monoisotopic (exact) mass is 381 g/mol. The normalized spacial score (nSPS) is 16.0. The van der Waals surface area contributed by atoms with Gasteiger partial charge in [0.1, 0.15) is 5.82 Å². The maximum absolute atomic E-state index is 12.8. The lowest BCUT2D eigenvalue weighted by Gasteiger charge is -2.32. The summed E-state index contributed by atoms with van der Waals surface area (Å²) in [5, 5.41) is 12.4. The number of benzene rings is 1. The van der Waals surface area contributed by atoms with Crippen molar-refractivity contribution in [3.63, 3.8) is 0 Å². The van der Waals surface area contributed by atoms with Gasteiger partial charge in [-0.3, -0.25) is 4.79 Å². The highest BCUT2D eigenvalue weighted by Crippen LogP contribution is 2.23. The van der Waals surface area contributed by atoms with Crippen molar-refractivity contribution in [2.24, 2.45) is 5.92 Å². The lowest BCUT2D eigenvalue weighted by atomic mass is 9.90. The van der Waals surface area contributed by atoms with Crippen LogP contribution in [0.15, 0.2) is 48.7 Å². The summed E-state index contributed by atoms with van der Waals surface area (Å²) in [6.45, 7) is 3.72. The SMILES string of the molecule is CCC(CO)Nc1ccc(C(=O)N2CCC(CCc3ccccc3)CC2)cn1. The Morgan fingerprint density at radius 3 is 2.57 bits per heavy atom. The first kappa shape index (κ1) is 20.3. The second kappa shape index (κ2) is 10.2. The minimum Gasteiger partial charge on any atom is -0.394 e. The molecule has 5 heteroatoms. The quantitative estimate of drug-likeness (QED) is 0.731. The number of rotatable bonds is 8. The van der Waals surface area contributed by atoms with E-state index in [9.17, 15) is 9.90 Å². The second-order valence-corrected chi connectivity index (χ2v) is 7.62. The van der Waals surface area contributed by atoms with Gasteiger partial charge in [-0.2, -0.15) is 0 Å². The van der Waals surface area contributed by atoms with E-state index in [0.717, 1.165) is 38.8 Å². The smallest absolute Gasteiger partial charge is 0.255 e. The van der Waals surface area contributed by atoms with Crippen LogP contribution in [0, 0.1) is 5.92 Å². The molecule has 1 aliphatic rings. The van der Waals surface area contributed by atoms with E-state index in [1.807, 2.05) is 24.0 Å². The van der Waals surface area contributed by atoms with Gasteiger partial charge >= 0.3 is 0 Å². The van der Waals surface area contributed by atoms with Gasteiger partial charge in [0.05, 0.1) is 18.2 Å². The van der Waals surface area contributed by atoms with Crippen molar-refractivity contribution in [3.05, 3.63) is 59.8 Å². The van der Waals surface area contributed by atoms with Crippen LogP contribution in [0.2, 0.25) is 0 Å². The number of aromatic nitrogens is 1. The molecule has 1 aromatic carbocycles. The largest absolute Gasteiger partial charge is 0.394 e. The van der Waals surface area contributed by atoms with Gasteiger partial charge in [-0.15, -0.1) is 0 Å². The van der Waals surface area contributed by atoms with Crippen LogP contribution in [0.25, 0.3) is 0 Å². The standard InChI is InChI=1S/C23H31N3O2/c1-2-21(17-27)25-22-11-10-20(16-24-22)23(28)26-14-12-19(13-15-26)9-8-18-6-4-3-5-7-18/h3-7,10-11,16,19,21,27H,2,8-9,12-15,17H2,1H3,(H,24,25). The van der Waals surface area contributed by atoms with Gasteiger partial charge in [-0.25, -0.2) is 4.98 Å². The highest BCUT2D eigenvalue weighted by Gasteiger charge is 2.23. The van der Waals surface area contributed by atoms with E-state index in [-0.39, 0.29) is 18.6 Å². The van der Waals surface area contributed by atoms with Crippen molar-refractivity contribution in [2.75, 3.05) is 25.0 Å². The lowest BCUT2D eigenvalue weighted by Crippen LogP contribution is -2.38. The molecule has 2 aromatic rings. The molecular formula is C23H31N3O2. The number of hydrogen-bond donors (Lipinski definition) is 2. The van der Waals surface area contributed by atoms with E-state index in [0.29, 0.717) is 17.3 Å². The zero-order valence-electron chi connectivity index (χ0n) is 16.7. The highest BCUT2D eigenvalue weighted by molar-refractivity contribution is 5.94. The summed E-state index contributed by atoms with van der Waals surface area (Å²) in [4.78, 5) is 19.0. The van der Waals surface area contributed by atoms with Gasteiger partial charge in [0, 0.05) is 19.3 Å². The van der Waals surface area contributed by atoms with E-state index in [4.69, 9.17) is 0 Å². The minimum absolute atomic E-state index is 0.0102. The minimum atomic E-state index is -0.0102. The number of nitrogens with zero attached hydrogens (tertiary/aromatic N) is 2. The Kier molecular flexibility index (Phi) is 7.43. The molecule has 1 aliphatic heterocycles. The van der Waals surface area contributed by atoms with Gasteiger partial charge in [0.15, 0.2) is 0 Å². The van der Waals surface area contributed by atoms with Crippen LogP contribution in [0.4, 0.5) is 5.82 Å². The lowest BCUT2D eigenvalue weighted by molar-refractivity contribution is 0.0686. The molecule has 1 fully saturated rings. The van der Waals surface area contributed by atoms with E-state index in [1.54, 1.807) is 6.20 Å². The molecule has 1 unspecified atom stereocenters. The zero-order valence-corrected chi connectivity index (χ0v) is 16.7. The van der Waals surface area contributed by atoms with Crippen molar-refractivity contribution < 1.29 is 9.90 Å². The number of aliphatic hydroxyl groups excluding tert-OH is 1. The Bertz CT molecular complexity index is 721. The molecule has 28 heavy (non-hydrogen) atoms. The van der Waals surface area contributed by atoms with Crippen molar-refractivity contribution >= 4 is 11.7 Å². The zero-order chi connectivity index (χ0) is 19.8. The average molecular weight is 382 g/mol. The molecule has 2 N–H and O–H groups in total. The van der Waals surface area contributed by atoms with E-state index < -0.39 is 0 Å². The number of aryl methyl sites for hydroxylation is 1. The Balaban J connectivity index is 1.46. The molecule has 1 amide bonds. The molecule has 5 nitrogen and oxygen atoms in total. The van der Waals surface area contributed by atoms with Crippen LogP contribution >= 0.6 is 0 Å².